The maximum Gasteiger partial charge on any atom is 1.00 e. The third-order valence-electron chi connectivity index (χ3n) is 5.41. The minimum absolute atomic E-state index is 0. The van der Waals surface area contributed by atoms with Gasteiger partial charge in [0.25, 0.3) is 7.82 Å². The van der Waals surface area contributed by atoms with Gasteiger partial charge in [-0.3, -0.25) is 4.57 Å². The Morgan fingerprint density at radius 1 is 0.564 bits per heavy atom. The summed E-state index contributed by atoms with van der Waals surface area (Å²) in [4.78, 5) is 11.5. The summed E-state index contributed by atoms with van der Waals surface area (Å²) in [6.07, 6.45) is -1.68. The summed E-state index contributed by atoms with van der Waals surface area (Å²) in [5.74, 6) is -37.7. The molecule has 0 aliphatic rings. The van der Waals surface area contributed by atoms with Crippen LogP contribution in [-0.4, -0.2) is 49.0 Å². The van der Waals surface area contributed by atoms with Gasteiger partial charge < -0.3 is 13.9 Å². The summed E-state index contributed by atoms with van der Waals surface area (Å²) in [6, 6.07) is 0. The molecule has 0 radical (unpaired) electrons. The van der Waals surface area contributed by atoms with Crippen molar-refractivity contribution in [3.8, 4) is 0 Å². The summed E-state index contributed by atoms with van der Waals surface area (Å²) < 4.78 is 189. The third-order valence-corrected chi connectivity index (χ3v) is 6.41. The Labute approximate surface area is 239 Å². The topological polar surface area (TPSA) is 58.6 Å². The average Bonchev–Trinajstić information content (AvgIpc) is 2.75. The van der Waals surface area contributed by atoms with E-state index in [9.17, 15) is 66.5 Å². The molecule has 0 fully saturated rings. The number of alkyl halides is 13. The molecular formula is C20H29F13NaO4P. The Bertz CT molecular complexity index is 752. The maximum absolute atomic E-state index is 13.6. The first kappa shape index (κ1) is 41.3. The van der Waals surface area contributed by atoms with Crippen LogP contribution in [0.15, 0.2) is 0 Å². The van der Waals surface area contributed by atoms with Crippen LogP contribution in [0.3, 0.4) is 0 Å². The molecule has 0 saturated heterocycles. The second kappa shape index (κ2) is 16.2. The second-order valence-electron chi connectivity index (χ2n) is 8.55. The zero-order chi connectivity index (χ0) is 30.1. The fraction of sp³-hybridized carbons (Fsp3) is 1.00. The van der Waals surface area contributed by atoms with Gasteiger partial charge in [-0.15, -0.1) is 0 Å². The number of halogens is 13. The van der Waals surface area contributed by atoms with Gasteiger partial charge in [-0.1, -0.05) is 64.7 Å². The molecule has 4 nitrogen and oxygen atoms in total. The molecule has 230 valence electrons. The Morgan fingerprint density at radius 2 is 0.923 bits per heavy atom. The van der Waals surface area contributed by atoms with Crippen molar-refractivity contribution in [2.75, 3.05) is 13.2 Å². The minimum atomic E-state index is -8.02. The van der Waals surface area contributed by atoms with E-state index in [4.69, 9.17) is 0 Å². The van der Waals surface area contributed by atoms with Gasteiger partial charge in [0, 0.05) is 6.42 Å². The van der Waals surface area contributed by atoms with Crippen molar-refractivity contribution in [1.82, 2.24) is 0 Å². The van der Waals surface area contributed by atoms with Crippen LogP contribution in [0.4, 0.5) is 57.1 Å². The van der Waals surface area contributed by atoms with Gasteiger partial charge in [0.1, 0.15) is 0 Å². The predicted molar refractivity (Wildman–Crippen MR) is 107 cm³/mol. The number of unbranched alkanes of at least 4 members (excludes halogenated alkanes) is 9. The zero-order valence-corrected chi connectivity index (χ0v) is 24.1. The molecule has 0 aliphatic heterocycles. The molecule has 0 aromatic rings. The van der Waals surface area contributed by atoms with Gasteiger partial charge in [0.2, 0.25) is 0 Å². The van der Waals surface area contributed by atoms with Crippen molar-refractivity contribution in [2.24, 2.45) is 0 Å². The molecule has 0 saturated carbocycles. The third kappa shape index (κ3) is 11.1. The molecule has 0 aromatic heterocycles. The van der Waals surface area contributed by atoms with Crippen molar-refractivity contribution in [3.63, 3.8) is 0 Å². The smallest absolute Gasteiger partial charge is 0.756 e. The van der Waals surface area contributed by atoms with Crippen LogP contribution in [0.1, 0.15) is 77.6 Å². The number of phosphoric acid groups is 1. The van der Waals surface area contributed by atoms with E-state index in [2.05, 4.69) is 16.0 Å². The maximum atomic E-state index is 13.6. The molecule has 1 unspecified atom stereocenters. The van der Waals surface area contributed by atoms with Crippen molar-refractivity contribution in [3.05, 3.63) is 0 Å². The molecule has 0 spiro atoms. The van der Waals surface area contributed by atoms with Crippen molar-refractivity contribution in [1.29, 1.82) is 0 Å². The van der Waals surface area contributed by atoms with Gasteiger partial charge in [0.05, 0.1) is 13.2 Å². The van der Waals surface area contributed by atoms with Crippen LogP contribution in [0.2, 0.25) is 0 Å². The minimum Gasteiger partial charge on any atom is -0.756 e. The standard InChI is InChI=1S/C20H30F13O4P.Na/c1-2-3-4-5-6-7-8-9-10-11-13-36-38(34,35)37-14-12-15(21,22)16(23,24)17(25,26)18(27,28)19(29,30)20(31,32)33;/h2-14H2,1H3,(H,34,35);/q;+1/p-1. The number of rotatable bonds is 20. The number of hydrogen-bond donors (Lipinski definition) is 0. The first-order valence-corrected chi connectivity index (χ1v) is 13.0. The van der Waals surface area contributed by atoms with Crippen LogP contribution >= 0.6 is 7.82 Å². The van der Waals surface area contributed by atoms with Crippen molar-refractivity contribution in [2.45, 2.75) is 113 Å². The fourth-order valence-corrected chi connectivity index (χ4v) is 3.79. The van der Waals surface area contributed by atoms with E-state index in [1.807, 2.05) is 0 Å². The summed E-state index contributed by atoms with van der Waals surface area (Å²) >= 11 is 0. The first-order chi connectivity index (χ1) is 17.0. The van der Waals surface area contributed by atoms with E-state index < -0.39 is 63.2 Å². The van der Waals surface area contributed by atoms with E-state index in [-0.39, 0.29) is 36.0 Å². The Hall–Kier alpha value is 0.200. The van der Waals surface area contributed by atoms with E-state index in [1.54, 1.807) is 0 Å². The molecule has 0 N–H and O–H groups in total. The van der Waals surface area contributed by atoms with E-state index in [0.717, 1.165) is 44.9 Å². The SMILES string of the molecule is CCCCCCCCCCCCOP(=O)([O-])OCCC(F)(F)C(F)(F)C(F)(F)C(F)(F)C(F)(F)C(F)(F)F.[Na+]. The summed E-state index contributed by atoms with van der Waals surface area (Å²) in [5, 5.41) is 0. The largest absolute Gasteiger partial charge is 1.00 e. The molecule has 0 aromatic carbocycles. The van der Waals surface area contributed by atoms with E-state index >= 15 is 0 Å². The van der Waals surface area contributed by atoms with Gasteiger partial charge in [-0.25, -0.2) is 0 Å². The quantitative estimate of drug-likeness (QED) is 0.0765. The molecule has 0 aliphatic carbocycles. The average molecular weight is 634 g/mol. The first-order valence-electron chi connectivity index (χ1n) is 11.6. The molecular weight excluding hydrogens is 605 g/mol. The Balaban J connectivity index is 0. The Kier molecular flexibility index (Phi) is 17.1. The van der Waals surface area contributed by atoms with Gasteiger partial charge in [-0.2, -0.15) is 57.1 Å². The monoisotopic (exact) mass is 634 g/mol. The molecule has 0 rings (SSSR count). The number of hydrogen-bond acceptors (Lipinski definition) is 4. The van der Waals surface area contributed by atoms with Crippen LogP contribution in [0, 0.1) is 0 Å². The fourth-order valence-electron chi connectivity index (χ4n) is 3.05. The molecule has 0 bridgehead atoms. The molecule has 1 atom stereocenters. The number of phosphoric ester groups is 1. The summed E-state index contributed by atoms with van der Waals surface area (Å²) in [6.45, 7) is -0.524. The van der Waals surface area contributed by atoms with Crippen LogP contribution in [0.25, 0.3) is 0 Å². The van der Waals surface area contributed by atoms with Crippen LogP contribution < -0.4 is 34.5 Å². The van der Waals surface area contributed by atoms with E-state index in [1.165, 1.54) is 0 Å². The Morgan fingerprint density at radius 3 is 1.33 bits per heavy atom. The molecule has 0 heterocycles. The normalized spacial score (nSPS) is 15.7. The molecule has 39 heavy (non-hydrogen) atoms. The van der Waals surface area contributed by atoms with Crippen LogP contribution in [-0.2, 0) is 13.6 Å². The second-order valence-corrected chi connectivity index (χ2v) is 9.96. The summed E-state index contributed by atoms with van der Waals surface area (Å²) in [7, 11) is -5.46. The van der Waals surface area contributed by atoms with Crippen molar-refractivity contribution >= 4 is 7.82 Å². The van der Waals surface area contributed by atoms with Crippen molar-refractivity contribution < 1.29 is 105 Å². The molecule has 19 heteroatoms. The predicted octanol–water partition coefficient (Wildman–Crippen LogP) is 5.54. The molecule has 0 amide bonds. The van der Waals surface area contributed by atoms with Gasteiger partial charge in [-0.05, 0) is 6.42 Å². The van der Waals surface area contributed by atoms with Gasteiger partial charge >= 0.3 is 65.3 Å². The van der Waals surface area contributed by atoms with Crippen LogP contribution in [0.5, 0.6) is 0 Å². The summed E-state index contributed by atoms with van der Waals surface area (Å²) in [5.41, 5.74) is 0. The van der Waals surface area contributed by atoms with Gasteiger partial charge in [0.15, 0.2) is 0 Å². The zero-order valence-electron chi connectivity index (χ0n) is 21.2. The van der Waals surface area contributed by atoms with E-state index in [0.29, 0.717) is 12.8 Å².